The van der Waals surface area contributed by atoms with E-state index in [1.54, 1.807) is 0 Å². The molecule has 0 radical (unpaired) electrons. The van der Waals surface area contributed by atoms with Gasteiger partial charge in [-0.1, -0.05) is 23.7 Å². The van der Waals surface area contributed by atoms with E-state index in [1.165, 1.54) is 15.3 Å². The van der Waals surface area contributed by atoms with Gasteiger partial charge in [-0.25, -0.2) is 0 Å². The van der Waals surface area contributed by atoms with Crippen LogP contribution in [0.25, 0.3) is 0 Å². The molecule has 0 aliphatic carbocycles. The number of thiophene rings is 1. The van der Waals surface area contributed by atoms with Crippen molar-refractivity contribution in [2.24, 2.45) is 10.7 Å². The highest BCUT2D eigenvalue weighted by Gasteiger charge is 2.31. The zero-order chi connectivity index (χ0) is 14.3. The lowest BCUT2D eigenvalue weighted by atomic mass is 10.1. The van der Waals surface area contributed by atoms with Gasteiger partial charge in [0.15, 0.2) is 5.96 Å². The van der Waals surface area contributed by atoms with E-state index < -0.39 is 0 Å². The third-order valence-corrected chi connectivity index (χ3v) is 4.84. The second-order valence-corrected chi connectivity index (χ2v) is 6.77. The Labute approximate surface area is 127 Å². The molecular formula is C15H16ClN3S. The van der Waals surface area contributed by atoms with Crippen LogP contribution in [0.15, 0.2) is 35.3 Å². The topological polar surface area (TPSA) is 41.6 Å². The summed E-state index contributed by atoms with van der Waals surface area (Å²) in [7, 11) is 0. The lowest BCUT2D eigenvalue weighted by Crippen LogP contribution is -2.36. The van der Waals surface area contributed by atoms with Crippen LogP contribution in [-0.4, -0.2) is 12.5 Å². The minimum absolute atomic E-state index is 0.139. The number of para-hydroxylation sites is 1. The smallest absolute Gasteiger partial charge is 0.196 e. The molecule has 1 aliphatic rings. The molecule has 1 aromatic heterocycles. The number of aliphatic imine (C=N–C) groups is 1. The summed E-state index contributed by atoms with van der Waals surface area (Å²) in [6, 6.07) is 10.1. The summed E-state index contributed by atoms with van der Waals surface area (Å²) in [5, 5.41) is 0.696. The zero-order valence-electron chi connectivity index (χ0n) is 11.4. The van der Waals surface area contributed by atoms with Crippen LogP contribution in [0.4, 0.5) is 5.69 Å². The molecule has 2 heterocycles. The average Bonchev–Trinajstić information content (AvgIpc) is 2.93. The molecule has 5 heteroatoms. The highest BCUT2D eigenvalue weighted by molar-refractivity contribution is 7.12. The lowest BCUT2D eigenvalue weighted by molar-refractivity contribution is 0.767. The maximum Gasteiger partial charge on any atom is 0.196 e. The van der Waals surface area contributed by atoms with Crippen LogP contribution in [0, 0.1) is 13.8 Å². The summed E-state index contributed by atoms with van der Waals surface area (Å²) in [5.74, 6) is 0.534. The molecule has 3 rings (SSSR count). The van der Waals surface area contributed by atoms with Gasteiger partial charge in [-0.2, -0.15) is 0 Å². The van der Waals surface area contributed by atoms with Crippen molar-refractivity contribution in [3.63, 3.8) is 0 Å². The summed E-state index contributed by atoms with van der Waals surface area (Å²) < 4.78 is 0. The molecule has 0 saturated heterocycles. The first-order chi connectivity index (χ1) is 9.58. The maximum absolute atomic E-state index is 6.32. The van der Waals surface area contributed by atoms with Crippen LogP contribution in [0.3, 0.4) is 0 Å². The molecule has 1 atom stereocenters. The lowest BCUT2D eigenvalue weighted by Gasteiger charge is -2.27. The highest BCUT2D eigenvalue weighted by atomic mass is 35.5. The van der Waals surface area contributed by atoms with Crippen molar-refractivity contribution in [3.8, 4) is 0 Å². The number of nitrogens with two attached hydrogens (primary N) is 1. The van der Waals surface area contributed by atoms with Gasteiger partial charge in [-0.05, 0) is 37.6 Å². The van der Waals surface area contributed by atoms with Crippen molar-refractivity contribution in [1.82, 2.24) is 0 Å². The van der Waals surface area contributed by atoms with Crippen molar-refractivity contribution >= 4 is 34.6 Å². The van der Waals surface area contributed by atoms with Gasteiger partial charge in [-0.15, -0.1) is 11.3 Å². The fourth-order valence-electron chi connectivity index (χ4n) is 2.65. The predicted molar refractivity (Wildman–Crippen MR) is 87.0 cm³/mol. The summed E-state index contributed by atoms with van der Waals surface area (Å²) in [5.41, 5.74) is 8.29. The number of rotatable bonds is 2. The van der Waals surface area contributed by atoms with Gasteiger partial charge in [0.1, 0.15) is 0 Å². The van der Waals surface area contributed by atoms with Gasteiger partial charge in [0.25, 0.3) is 0 Å². The van der Waals surface area contributed by atoms with Gasteiger partial charge < -0.3 is 10.6 Å². The third-order valence-electron chi connectivity index (χ3n) is 3.54. The van der Waals surface area contributed by atoms with E-state index in [9.17, 15) is 0 Å². The first-order valence-electron chi connectivity index (χ1n) is 6.48. The quantitative estimate of drug-likeness (QED) is 0.914. The fourth-order valence-corrected chi connectivity index (χ4v) is 3.86. The van der Waals surface area contributed by atoms with Crippen molar-refractivity contribution < 1.29 is 0 Å². The standard InChI is InChI=1S/C15H16ClN3S/c1-9-7-11(10(2)20-9)14-8-18-15(17)19(14)13-6-4-3-5-12(13)16/h3-7,14H,8H2,1-2H3,(H2,17,18). The number of anilines is 1. The zero-order valence-corrected chi connectivity index (χ0v) is 13.0. The van der Waals surface area contributed by atoms with Gasteiger partial charge in [-0.3, -0.25) is 4.99 Å². The van der Waals surface area contributed by atoms with Crippen LogP contribution >= 0.6 is 22.9 Å². The van der Waals surface area contributed by atoms with Gasteiger partial charge in [0.2, 0.25) is 0 Å². The van der Waals surface area contributed by atoms with Gasteiger partial charge in [0, 0.05) is 9.75 Å². The second kappa shape index (κ2) is 5.11. The molecule has 1 aromatic carbocycles. The Hall–Kier alpha value is -1.52. The largest absolute Gasteiger partial charge is 0.369 e. The molecule has 0 fully saturated rings. The number of halogens is 1. The monoisotopic (exact) mass is 305 g/mol. The van der Waals surface area contributed by atoms with Crippen molar-refractivity contribution in [2.45, 2.75) is 19.9 Å². The molecule has 1 unspecified atom stereocenters. The molecule has 0 bridgehead atoms. The molecule has 2 aromatic rings. The molecule has 104 valence electrons. The first-order valence-corrected chi connectivity index (χ1v) is 7.68. The van der Waals surface area contributed by atoms with Crippen molar-refractivity contribution in [2.75, 3.05) is 11.4 Å². The average molecular weight is 306 g/mol. The van der Waals surface area contributed by atoms with Crippen LogP contribution in [0.2, 0.25) is 5.02 Å². The Morgan fingerprint density at radius 3 is 2.75 bits per heavy atom. The van der Waals surface area contributed by atoms with Gasteiger partial charge >= 0.3 is 0 Å². The number of hydrogen-bond acceptors (Lipinski definition) is 4. The molecule has 1 aliphatic heterocycles. The van der Waals surface area contributed by atoms with Crippen LogP contribution < -0.4 is 10.6 Å². The number of hydrogen-bond donors (Lipinski definition) is 1. The number of benzene rings is 1. The third kappa shape index (κ3) is 2.19. The molecule has 2 N–H and O–H groups in total. The molecule has 0 spiro atoms. The predicted octanol–water partition coefficient (Wildman–Crippen LogP) is 3.89. The molecule has 0 amide bonds. The molecule has 0 saturated carbocycles. The van der Waals surface area contributed by atoms with E-state index in [1.807, 2.05) is 40.5 Å². The van der Waals surface area contributed by atoms with Crippen LogP contribution in [0.5, 0.6) is 0 Å². The minimum Gasteiger partial charge on any atom is -0.369 e. The van der Waals surface area contributed by atoms with Crippen molar-refractivity contribution in [3.05, 3.63) is 50.7 Å². The molecular weight excluding hydrogens is 290 g/mol. The second-order valence-electron chi connectivity index (χ2n) is 4.90. The first kappa shape index (κ1) is 13.5. The number of nitrogens with zero attached hydrogens (tertiary/aromatic N) is 2. The fraction of sp³-hybridized carbons (Fsp3) is 0.267. The Morgan fingerprint density at radius 2 is 2.10 bits per heavy atom. The van der Waals surface area contributed by atoms with Crippen molar-refractivity contribution in [1.29, 1.82) is 0 Å². The number of guanidine groups is 1. The van der Waals surface area contributed by atoms with E-state index in [0.29, 0.717) is 17.5 Å². The van der Waals surface area contributed by atoms with E-state index in [2.05, 4.69) is 24.9 Å². The van der Waals surface area contributed by atoms with Gasteiger partial charge in [0.05, 0.1) is 23.3 Å². The Kier molecular flexibility index (Phi) is 3.44. The van der Waals surface area contributed by atoms with E-state index in [0.717, 1.165) is 5.69 Å². The van der Waals surface area contributed by atoms with E-state index in [4.69, 9.17) is 17.3 Å². The Bertz CT molecular complexity index is 678. The summed E-state index contributed by atoms with van der Waals surface area (Å²) >= 11 is 8.13. The molecule has 20 heavy (non-hydrogen) atoms. The van der Waals surface area contributed by atoms with Crippen LogP contribution in [-0.2, 0) is 0 Å². The SMILES string of the molecule is Cc1cc(C2CN=C(N)N2c2ccccc2Cl)c(C)s1. The number of aryl methyl sites for hydroxylation is 2. The summed E-state index contributed by atoms with van der Waals surface area (Å²) in [6.45, 7) is 4.94. The minimum atomic E-state index is 0.139. The Morgan fingerprint density at radius 1 is 1.35 bits per heavy atom. The highest BCUT2D eigenvalue weighted by Crippen LogP contribution is 2.38. The maximum atomic E-state index is 6.32. The Balaban J connectivity index is 2.05. The normalized spacial score (nSPS) is 18.4. The summed E-state index contributed by atoms with van der Waals surface area (Å²) in [4.78, 5) is 9.07. The van der Waals surface area contributed by atoms with Crippen LogP contribution in [0.1, 0.15) is 21.4 Å². The molecule has 3 nitrogen and oxygen atoms in total. The summed E-state index contributed by atoms with van der Waals surface area (Å²) in [6.07, 6.45) is 0. The van der Waals surface area contributed by atoms with E-state index >= 15 is 0 Å². The van der Waals surface area contributed by atoms with E-state index in [-0.39, 0.29) is 6.04 Å².